The summed E-state index contributed by atoms with van der Waals surface area (Å²) in [4.78, 5) is 0. The normalized spacial score (nSPS) is 14.0. The average molecular weight is 250 g/mol. The van der Waals surface area contributed by atoms with Crippen molar-refractivity contribution in [2.45, 2.75) is 39.7 Å². The van der Waals surface area contributed by atoms with Gasteiger partial charge in [-0.3, -0.25) is 5.41 Å². The quantitative estimate of drug-likeness (QED) is 0.364. The lowest BCUT2D eigenvalue weighted by Gasteiger charge is -2.17. The second-order valence-corrected chi connectivity index (χ2v) is 5.73. The van der Waals surface area contributed by atoms with Gasteiger partial charge < -0.3 is 5.73 Å². The molecule has 6 nitrogen and oxygen atoms in total. The highest BCUT2D eigenvalue weighted by atomic mass is 32.2. The molecular weight excluding hydrogens is 228 g/mol. The molecule has 0 bridgehead atoms. The van der Waals surface area contributed by atoms with Crippen molar-refractivity contribution in [3.8, 4) is 0 Å². The number of hydrogen-bond acceptors (Lipinski definition) is 3. The highest BCUT2D eigenvalue weighted by Crippen LogP contribution is 1.99. The molecule has 16 heavy (non-hydrogen) atoms. The largest absolute Gasteiger partial charge is 0.388 e. The first-order valence-electron chi connectivity index (χ1n) is 5.36. The van der Waals surface area contributed by atoms with Crippen LogP contribution in [0.4, 0.5) is 0 Å². The fourth-order valence-corrected chi connectivity index (χ4v) is 2.40. The summed E-state index contributed by atoms with van der Waals surface area (Å²) in [7, 11) is -3.49. The lowest BCUT2D eigenvalue weighted by Crippen LogP contribution is -2.44. The van der Waals surface area contributed by atoms with Crippen molar-refractivity contribution in [2.75, 3.05) is 6.54 Å². The van der Waals surface area contributed by atoms with Gasteiger partial charge in [-0.2, -0.15) is 13.1 Å². The Balaban J connectivity index is 4.26. The van der Waals surface area contributed by atoms with Crippen molar-refractivity contribution in [3.05, 3.63) is 0 Å². The van der Waals surface area contributed by atoms with Gasteiger partial charge in [-0.1, -0.05) is 20.8 Å². The zero-order valence-corrected chi connectivity index (χ0v) is 10.9. The van der Waals surface area contributed by atoms with Crippen LogP contribution in [0.2, 0.25) is 0 Å². The highest BCUT2D eigenvalue weighted by Gasteiger charge is 2.16. The minimum Gasteiger partial charge on any atom is -0.388 e. The van der Waals surface area contributed by atoms with Gasteiger partial charge >= 0.3 is 0 Å². The van der Waals surface area contributed by atoms with E-state index in [2.05, 4.69) is 9.44 Å². The zero-order valence-electron chi connectivity index (χ0n) is 10.1. The highest BCUT2D eigenvalue weighted by molar-refractivity contribution is 7.87. The molecule has 0 aromatic carbocycles. The number of amidine groups is 1. The SMILES string of the molecule is CCC(CC(=N)N)NS(=O)(=O)NCC(C)C. The Labute approximate surface area is 97.7 Å². The molecule has 5 N–H and O–H groups in total. The van der Waals surface area contributed by atoms with Crippen molar-refractivity contribution in [2.24, 2.45) is 11.7 Å². The number of nitrogens with two attached hydrogens (primary N) is 1. The summed E-state index contributed by atoms with van der Waals surface area (Å²) >= 11 is 0. The molecule has 1 unspecified atom stereocenters. The lowest BCUT2D eigenvalue weighted by molar-refractivity contribution is 0.521. The Kier molecular flexibility index (Phi) is 6.54. The van der Waals surface area contributed by atoms with Crippen LogP contribution in [-0.2, 0) is 10.2 Å². The molecule has 0 saturated carbocycles. The maximum Gasteiger partial charge on any atom is 0.277 e. The molecule has 0 rings (SSSR count). The van der Waals surface area contributed by atoms with Crippen LogP contribution >= 0.6 is 0 Å². The molecule has 7 heteroatoms. The van der Waals surface area contributed by atoms with Crippen LogP contribution in [0.5, 0.6) is 0 Å². The molecule has 0 aliphatic heterocycles. The maximum absolute atomic E-state index is 11.6. The number of rotatable bonds is 8. The van der Waals surface area contributed by atoms with Crippen LogP contribution in [0.25, 0.3) is 0 Å². The van der Waals surface area contributed by atoms with Crippen LogP contribution in [0.3, 0.4) is 0 Å². The smallest absolute Gasteiger partial charge is 0.277 e. The summed E-state index contributed by atoms with van der Waals surface area (Å²) in [5.74, 6) is 0.239. The third kappa shape index (κ3) is 7.61. The maximum atomic E-state index is 11.6. The average Bonchev–Trinajstić information content (AvgIpc) is 2.13. The molecule has 96 valence electrons. The van der Waals surface area contributed by atoms with Crippen molar-refractivity contribution >= 4 is 16.0 Å². The molecule has 0 heterocycles. The summed E-state index contributed by atoms with van der Waals surface area (Å²) in [6.07, 6.45) is 0.835. The molecule has 1 atom stereocenters. The van der Waals surface area contributed by atoms with Gasteiger partial charge in [0.15, 0.2) is 0 Å². The van der Waals surface area contributed by atoms with E-state index in [9.17, 15) is 8.42 Å². The topological polar surface area (TPSA) is 108 Å². The first kappa shape index (κ1) is 15.3. The van der Waals surface area contributed by atoms with Gasteiger partial charge in [-0.15, -0.1) is 0 Å². The van der Waals surface area contributed by atoms with Crippen LogP contribution in [0, 0.1) is 11.3 Å². The molecule has 0 aliphatic rings. The molecule has 0 spiro atoms. The molecular formula is C9H22N4O2S. The molecule has 0 aromatic heterocycles. The van der Waals surface area contributed by atoms with Gasteiger partial charge in [-0.25, -0.2) is 4.72 Å². The van der Waals surface area contributed by atoms with E-state index in [0.717, 1.165) is 0 Å². The van der Waals surface area contributed by atoms with Crippen LogP contribution in [0.1, 0.15) is 33.6 Å². The summed E-state index contributed by atoms with van der Waals surface area (Å²) in [5.41, 5.74) is 5.24. The molecule has 0 radical (unpaired) electrons. The predicted octanol–water partition coefficient (Wildman–Crippen LogP) is 0.171. The molecule has 0 fully saturated rings. The second kappa shape index (κ2) is 6.82. The van der Waals surface area contributed by atoms with E-state index in [0.29, 0.717) is 13.0 Å². The van der Waals surface area contributed by atoms with Gasteiger partial charge in [0.2, 0.25) is 0 Å². The third-order valence-electron chi connectivity index (χ3n) is 1.96. The predicted molar refractivity (Wildman–Crippen MR) is 65.5 cm³/mol. The summed E-state index contributed by atoms with van der Waals surface area (Å²) in [5, 5.41) is 7.13. The fourth-order valence-electron chi connectivity index (χ4n) is 1.07. The van der Waals surface area contributed by atoms with Gasteiger partial charge in [0.1, 0.15) is 0 Å². The minimum absolute atomic E-state index is 0.0154. The lowest BCUT2D eigenvalue weighted by atomic mass is 10.1. The van der Waals surface area contributed by atoms with Crippen LogP contribution in [0.15, 0.2) is 0 Å². The standard InChI is InChI=1S/C9H22N4O2S/c1-4-8(5-9(10)11)13-16(14,15)12-6-7(2)3/h7-8,12-13H,4-6H2,1-3H3,(H3,10,11). The zero-order chi connectivity index (χ0) is 12.8. The number of hydrogen-bond donors (Lipinski definition) is 4. The van der Waals surface area contributed by atoms with Crippen LogP contribution in [-0.4, -0.2) is 26.8 Å². The Morgan fingerprint density at radius 3 is 2.38 bits per heavy atom. The second-order valence-electron chi connectivity index (χ2n) is 4.20. The third-order valence-corrected chi connectivity index (χ3v) is 3.15. The van der Waals surface area contributed by atoms with Crippen LogP contribution < -0.4 is 15.2 Å². The van der Waals surface area contributed by atoms with E-state index >= 15 is 0 Å². The fraction of sp³-hybridized carbons (Fsp3) is 0.889. The summed E-state index contributed by atoms with van der Waals surface area (Å²) < 4.78 is 28.0. The Morgan fingerprint density at radius 2 is 2.00 bits per heavy atom. The monoisotopic (exact) mass is 250 g/mol. The Bertz CT molecular complexity index is 313. The van der Waals surface area contributed by atoms with Crippen molar-refractivity contribution < 1.29 is 8.42 Å². The van der Waals surface area contributed by atoms with E-state index in [1.807, 2.05) is 20.8 Å². The first-order valence-corrected chi connectivity index (χ1v) is 6.85. The molecule has 0 amide bonds. The van der Waals surface area contributed by atoms with E-state index in [1.165, 1.54) is 0 Å². The summed E-state index contributed by atoms with van der Waals surface area (Å²) in [6.45, 7) is 6.09. The molecule has 0 aromatic rings. The van der Waals surface area contributed by atoms with Gasteiger partial charge in [0.25, 0.3) is 10.2 Å². The van der Waals surface area contributed by atoms with Gasteiger partial charge in [-0.05, 0) is 12.3 Å². The van der Waals surface area contributed by atoms with Crippen molar-refractivity contribution in [3.63, 3.8) is 0 Å². The van der Waals surface area contributed by atoms with E-state index in [4.69, 9.17) is 11.1 Å². The minimum atomic E-state index is -3.49. The first-order chi connectivity index (χ1) is 7.26. The molecule has 0 aliphatic carbocycles. The van der Waals surface area contributed by atoms with Gasteiger partial charge in [0.05, 0.1) is 5.84 Å². The van der Waals surface area contributed by atoms with Gasteiger partial charge in [0, 0.05) is 19.0 Å². The summed E-state index contributed by atoms with van der Waals surface area (Å²) in [6, 6.07) is -0.317. The molecule has 0 saturated heterocycles. The Morgan fingerprint density at radius 1 is 1.44 bits per heavy atom. The van der Waals surface area contributed by atoms with Crippen molar-refractivity contribution in [1.82, 2.24) is 9.44 Å². The number of nitrogens with one attached hydrogen (secondary N) is 3. The van der Waals surface area contributed by atoms with E-state index in [1.54, 1.807) is 0 Å². The van der Waals surface area contributed by atoms with Crippen molar-refractivity contribution in [1.29, 1.82) is 5.41 Å². The van der Waals surface area contributed by atoms with E-state index < -0.39 is 10.2 Å². The Hall–Kier alpha value is -0.660. The van der Waals surface area contributed by atoms with E-state index in [-0.39, 0.29) is 24.2 Å².